The zero-order valence-corrected chi connectivity index (χ0v) is 11.3. The number of fused-ring (bicyclic) bond motifs is 1. The van der Waals surface area contributed by atoms with E-state index < -0.39 is 0 Å². The van der Waals surface area contributed by atoms with Crippen molar-refractivity contribution in [1.29, 1.82) is 0 Å². The van der Waals surface area contributed by atoms with Gasteiger partial charge in [0.25, 0.3) is 0 Å². The number of nitrogens with two attached hydrogens (primary N) is 1. The molecule has 1 unspecified atom stereocenters. The summed E-state index contributed by atoms with van der Waals surface area (Å²) < 4.78 is 2.19. The number of rotatable bonds is 2. The Balaban J connectivity index is 2.11. The molecule has 1 atom stereocenters. The number of nitrogen functional groups attached to an aromatic ring is 1. The van der Waals surface area contributed by atoms with Gasteiger partial charge < -0.3 is 10.3 Å². The summed E-state index contributed by atoms with van der Waals surface area (Å²) in [6, 6.07) is 16.7. The van der Waals surface area contributed by atoms with Crippen LogP contribution >= 0.6 is 0 Å². The van der Waals surface area contributed by atoms with Crippen LogP contribution in [0.2, 0.25) is 0 Å². The van der Waals surface area contributed by atoms with E-state index in [9.17, 15) is 0 Å². The quantitative estimate of drug-likeness (QED) is 0.687. The molecule has 19 heavy (non-hydrogen) atoms. The third-order valence-electron chi connectivity index (χ3n) is 3.83. The maximum atomic E-state index is 5.76. The van der Waals surface area contributed by atoms with Gasteiger partial charge in [-0.15, -0.1) is 0 Å². The van der Waals surface area contributed by atoms with Gasteiger partial charge >= 0.3 is 0 Å². The second-order valence-electron chi connectivity index (χ2n) is 5.10. The van der Waals surface area contributed by atoms with Gasteiger partial charge in [-0.1, -0.05) is 37.3 Å². The molecule has 2 N–H and O–H groups in total. The molecule has 96 valence electrons. The highest BCUT2D eigenvalue weighted by Gasteiger charge is 2.14. The van der Waals surface area contributed by atoms with Crippen molar-refractivity contribution in [3.8, 4) is 0 Å². The molecule has 1 heterocycles. The lowest BCUT2D eigenvalue weighted by molar-refractivity contribution is 0.899. The Bertz CT molecular complexity index is 708. The highest BCUT2D eigenvalue weighted by atomic mass is 14.9. The van der Waals surface area contributed by atoms with Crippen LogP contribution in [-0.4, -0.2) is 4.57 Å². The van der Waals surface area contributed by atoms with Crippen molar-refractivity contribution in [3.63, 3.8) is 0 Å². The van der Waals surface area contributed by atoms with Crippen LogP contribution in [0.3, 0.4) is 0 Å². The fourth-order valence-electron chi connectivity index (χ4n) is 2.68. The van der Waals surface area contributed by atoms with Gasteiger partial charge in [-0.25, -0.2) is 0 Å². The lowest BCUT2D eigenvalue weighted by atomic mass is 9.93. The van der Waals surface area contributed by atoms with E-state index in [1.54, 1.807) is 0 Å². The van der Waals surface area contributed by atoms with Crippen LogP contribution in [0, 0.1) is 0 Å². The molecule has 0 spiro atoms. The summed E-state index contributed by atoms with van der Waals surface area (Å²) in [6.45, 7) is 2.24. The molecule has 0 aliphatic carbocycles. The molecule has 0 bridgehead atoms. The van der Waals surface area contributed by atoms with Gasteiger partial charge in [-0.3, -0.25) is 0 Å². The number of aryl methyl sites for hydroxylation is 1. The predicted octanol–water partition coefficient (Wildman–Crippen LogP) is 3.91. The van der Waals surface area contributed by atoms with Crippen LogP contribution in [0.4, 0.5) is 5.69 Å². The van der Waals surface area contributed by atoms with E-state index in [2.05, 4.69) is 61.1 Å². The van der Waals surface area contributed by atoms with Crippen molar-refractivity contribution in [2.75, 3.05) is 5.73 Å². The molecule has 0 aliphatic rings. The van der Waals surface area contributed by atoms with Crippen LogP contribution < -0.4 is 5.73 Å². The number of para-hydroxylation sites is 1. The summed E-state index contributed by atoms with van der Waals surface area (Å²) in [4.78, 5) is 0. The molecule has 0 saturated heterocycles. The first-order valence-corrected chi connectivity index (χ1v) is 6.56. The average molecular weight is 250 g/mol. The normalized spacial score (nSPS) is 12.7. The van der Waals surface area contributed by atoms with Crippen molar-refractivity contribution >= 4 is 16.6 Å². The first-order valence-electron chi connectivity index (χ1n) is 6.56. The molecule has 3 aromatic rings. The maximum absolute atomic E-state index is 5.76. The molecule has 2 nitrogen and oxygen atoms in total. The third kappa shape index (κ3) is 1.99. The maximum Gasteiger partial charge on any atom is 0.0480 e. The minimum Gasteiger partial charge on any atom is -0.399 e. The van der Waals surface area contributed by atoms with Crippen LogP contribution in [-0.2, 0) is 7.05 Å². The van der Waals surface area contributed by atoms with Crippen LogP contribution in [0.25, 0.3) is 10.9 Å². The Morgan fingerprint density at radius 3 is 2.42 bits per heavy atom. The van der Waals surface area contributed by atoms with E-state index in [0.717, 1.165) is 5.69 Å². The van der Waals surface area contributed by atoms with Gasteiger partial charge in [0.05, 0.1) is 0 Å². The Hall–Kier alpha value is -2.22. The van der Waals surface area contributed by atoms with E-state index in [0.29, 0.717) is 5.92 Å². The number of hydrogen-bond acceptors (Lipinski definition) is 1. The molecular formula is C17H18N2. The van der Waals surface area contributed by atoms with Crippen molar-refractivity contribution in [1.82, 2.24) is 4.57 Å². The summed E-state index contributed by atoms with van der Waals surface area (Å²) in [5.74, 6) is 0.367. The summed E-state index contributed by atoms with van der Waals surface area (Å²) in [7, 11) is 2.10. The van der Waals surface area contributed by atoms with Crippen LogP contribution in [0.15, 0.2) is 54.7 Å². The highest BCUT2D eigenvalue weighted by Crippen LogP contribution is 2.31. The first-order chi connectivity index (χ1) is 9.16. The van der Waals surface area contributed by atoms with Crippen LogP contribution in [0.1, 0.15) is 24.0 Å². The molecule has 2 heteroatoms. The van der Waals surface area contributed by atoms with E-state index in [1.165, 1.54) is 22.0 Å². The summed E-state index contributed by atoms with van der Waals surface area (Å²) >= 11 is 0. The van der Waals surface area contributed by atoms with E-state index in [-0.39, 0.29) is 0 Å². The van der Waals surface area contributed by atoms with Gasteiger partial charge in [0.1, 0.15) is 0 Å². The third-order valence-corrected chi connectivity index (χ3v) is 3.83. The number of nitrogens with zero attached hydrogens (tertiary/aromatic N) is 1. The largest absolute Gasteiger partial charge is 0.399 e. The second-order valence-corrected chi connectivity index (χ2v) is 5.10. The fourth-order valence-corrected chi connectivity index (χ4v) is 2.68. The van der Waals surface area contributed by atoms with Gasteiger partial charge in [0.2, 0.25) is 0 Å². The van der Waals surface area contributed by atoms with E-state index in [1.807, 2.05) is 12.1 Å². The van der Waals surface area contributed by atoms with Gasteiger partial charge in [0, 0.05) is 35.8 Å². The molecule has 0 aliphatic heterocycles. The molecule has 3 rings (SSSR count). The molecule has 0 radical (unpaired) electrons. The minimum absolute atomic E-state index is 0.367. The van der Waals surface area contributed by atoms with Crippen molar-refractivity contribution in [3.05, 3.63) is 65.9 Å². The lowest BCUT2D eigenvalue weighted by Crippen LogP contribution is -1.96. The van der Waals surface area contributed by atoms with Crippen molar-refractivity contribution in [2.24, 2.45) is 7.05 Å². The number of hydrogen-bond donors (Lipinski definition) is 1. The molecule has 0 amide bonds. The predicted molar refractivity (Wildman–Crippen MR) is 81.3 cm³/mol. The van der Waals surface area contributed by atoms with Crippen molar-refractivity contribution < 1.29 is 0 Å². The summed E-state index contributed by atoms with van der Waals surface area (Å²) in [5, 5.41) is 1.33. The fraction of sp³-hybridized carbons (Fsp3) is 0.176. The molecule has 1 aromatic heterocycles. The van der Waals surface area contributed by atoms with Gasteiger partial charge in [-0.2, -0.15) is 0 Å². The minimum atomic E-state index is 0.367. The number of anilines is 1. The van der Waals surface area contributed by atoms with Gasteiger partial charge in [0.15, 0.2) is 0 Å². The second kappa shape index (κ2) is 4.47. The molecular weight excluding hydrogens is 232 g/mol. The number of aromatic nitrogens is 1. The Morgan fingerprint density at radius 2 is 1.68 bits per heavy atom. The first kappa shape index (κ1) is 11.8. The van der Waals surface area contributed by atoms with Crippen LogP contribution in [0.5, 0.6) is 0 Å². The summed E-state index contributed by atoms with van der Waals surface area (Å²) in [5.41, 5.74) is 10.5. The summed E-state index contributed by atoms with van der Waals surface area (Å²) in [6.07, 6.45) is 2.23. The van der Waals surface area contributed by atoms with Gasteiger partial charge in [-0.05, 0) is 29.3 Å². The Morgan fingerprint density at radius 1 is 1.00 bits per heavy atom. The Labute approximate surface area is 113 Å². The standard InChI is InChI=1S/C17H18N2/c1-12(13-7-9-14(18)10-8-13)16-11-19(2)17-6-4-3-5-15(16)17/h3-12H,18H2,1-2H3. The lowest BCUT2D eigenvalue weighted by Gasteiger charge is -2.11. The smallest absolute Gasteiger partial charge is 0.0480 e. The zero-order chi connectivity index (χ0) is 13.4. The van der Waals surface area contributed by atoms with E-state index in [4.69, 9.17) is 5.73 Å². The molecule has 0 saturated carbocycles. The van der Waals surface area contributed by atoms with E-state index >= 15 is 0 Å². The molecule has 2 aromatic carbocycles. The Kier molecular flexibility index (Phi) is 2.79. The number of benzene rings is 2. The topological polar surface area (TPSA) is 30.9 Å². The monoisotopic (exact) mass is 250 g/mol. The average Bonchev–Trinajstić information content (AvgIpc) is 2.77. The van der Waals surface area contributed by atoms with Crippen molar-refractivity contribution in [2.45, 2.75) is 12.8 Å². The SMILES string of the molecule is CC(c1ccc(N)cc1)c1cn(C)c2ccccc12. The highest BCUT2D eigenvalue weighted by molar-refractivity contribution is 5.84. The zero-order valence-electron chi connectivity index (χ0n) is 11.3. The molecule has 0 fully saturated rings.